The van der Waals surface area contributed by atoms with Crippen LogP contribution in [0.1, 0.15) is 5.56 Å². The molecule has 2 aromatic rings. The Balaban J connectivity index is 2.30. The number of hydrogen-bond acceptors (Lipinski definition) is 3. The van der Waals surface area contributed by atoms with Crippen molar-refractivity contribution >= 4 is 11.6 Å². The average molecular weight is 235 g/mol. The maximum atomic E-state index is 5.95. The predicted octanol–water partition coefficient (Wildman–Crippen LogP) is 2.99. The number of nitrogens with two attached hydrogens (primary N) is 1. The second-order valence-electron chi connectivity index (χ2n) is 3.20. The third-order valence-electron chi connectivity index (χ3n) is 2.12. The molecule has 82 valence electrons. The SMILES string of the molecule is NCc1ccccc1Oc1ncccc1Cl. The molecule has 0 fully saturated rings. The lowest BCUT2D eigenvalue weighted by Gasteiger charge is -2.09. The standard InChI is InChI=1S/C12H11ClN2O/c13-10-5-3-7-15-12(10)16-11-6-2-1-4-9(11)8-14/h1-7H,8,14H2. The monoisotopic (exact) mass is 234 g/mol. The normalized spacial score (nSPS) is 10.1. The zero-order valence-electron chi connectivity index (χ0n) is 8.56. The second-order valence-corrected chi connectivity index (χ2v) is 3.61. The molecule has 3 nitrogen and oxygen atoms in total. The summed E-state index contributed by atoms with van der Waals surface area (Å²) in [6.07, 6.45) is 1.63. The Hall–Kier alpha value is -1.58. The lowest BCUT2D eigenvalue weighted by molar-refractivity contribution is 0.457. The van der Waals surface area contributed by atoms with Crippen LogP contribution in [0.2, 0.25) is 5.02 Å². The van der Waals surface area contributed by atoms with Crippen molar-refractivity contribution in [1.29, 1.82) is 0 Å². The van der Waals surface area contributed by atoms with E-state index in [-0.39, 0.29) is 0 Å². The number of rotatable bonds is 3. The van der Waals surface area contributed by atoms with Crippen LogP contribution in [0, 0.1) is 0 Å². The molecule has 0 saturated heterocycles. The van der Waals surface area contributed by atoms with E-state index in [1.807, 2.05) is 24.3 Å². The molecule has 0 bridgehead atoms. The quantitative estimate of drug-likeness (QED) is 0.888. The highest BCUT2D eigenvalue weighted by Crippen LogP contribution is 2.28. The van der Waals surface area contributed by atoms with Crippen molar-refractivity contribution in [2.45, 2.75) is 6.54 Å². The molecule has 0 radical (unpaired) electrons. The highest BCUT2D eigenvalue weighted by Gasteiger charge is 2.06. The number of nitrogens with zero attached hydrogens (tertiary/aromatic N) is 1. The molecule has 0 aliphatic heterocycles. The van der Waals surface area contributed by atoms with Crippen LogP contribution in [0.15, 0.2) is 42.6 Å². The van der Waals surface area contributed by atoms with Crippen molar-refractivity contribution in [2.75, 3.05) is 0 Å². The summed E-state index contributed by atoms with van der Waals surface area (Å²) in [5.74, 6) is 1.08. The van der Waals surface area contributed by atoms with Crippen LogP contribution in [-0.4, -0.2) is 4.98 Å². The van der Waals surface area contributed by atoms with Gasteiger partial charge < -0.3 is 10.5 Å². The zero-order chi connectivity index (χ0) is 11.4. The second kappa shape index (κ2) is 4.96. The third kappa shape index (κ3) is 2.32. The van der Waals surface area contributed by atoms with E-state index in [0.29, 0.717) is 23.2 Å². The Bertz CT molecular complexity index is 488. The third-order valence-corrected chi connectivity index (χ3v) is 2.41. The molecule has 2 N–H and O–H groups in total. The Morgan fingerprint density at radius 3 is 2.75 bits per heavy atom. The van der Waals surface area contributed by atoms with Crippen molar-refractivity contribution in [1.82, 2.24) is 4.98 Å². The van der Waals surface area contributed by atoms with Crippen LogP contribution in [0.5, 0.6) is 11.6 Å². The van der Waals surface area contributed by atoms with E-state index >= 15 is 0 Å². The number of aromatic nitrogens is 1. The fraction of sp³-hybridized carbons (Fsp3) is 0.0833. The summed E-state index contributed by atoms with van der Waals surface area (Å²) in [6, 6.07) is 11.0. The highest BCUT2D eigenvalue weighted by atomic mass is 35.5. The van der Waals surface area contributed by atoms with Crippen molar-refractivity contribution in [2.24, 2.45) is 5.73 Å². The smallest absolute Gasteiger partial charge is 0.238 e. The molecule has 0 amide bonds. The van der Waals surface area contributed by atoms with Gasteiger partial charge in [0.2, 0.25) is 5.88 Å². The van der Waals surface area contributed by atoms with Gasteiger partial charge in [0, 0.05) is 18.3 Å². The molecule has 0 unspecified atom stereocenters. The summed E-state index contributed by atoms with van der Waals surface area (Å²) >= 11 is 5.95. The van der Waals surface area contributed by atoms with Gasteiger partial charge in [0.15, 0.2) is 0 Å². The van der Waals surface area contributed by atoms with Crippen LogP contribution < -0.4 is 10.5 Å². The first-order valence-electron chi connectivity index (χ1n) is 4.87. The van der Waals surface area contributed by atoms with Crippen molar-refractivity contribution in [3.05, 3.63) is 53.2 Å². The van der Waals surface area contributed by atoms with Gasteiger partial charge in [-0.05, 0) is 18.2 Å². The van der Waals surface area contributed by atoms with Gasteiger partial charge in [-0.15, -0.1) is 0 Å². The van der Waals surface area contributed by atoms with Gasteiger partial charge in [0.1, 0.15) is 10.8 Å². The van der Waals surface area contributed by atoms with E-state index in [1.165, 1.54) is 0 Å². The average Bonchev–Trinajstić information content (AvgIpc) is 2.33. The maximum Gasteiger partial charge on any atom is 0.238 e. The maximum absolute atomic E-state index is 5.95. The number of ether oxygens (including phenoxy) is 1. The van der Waals surface area contributed by atoms with Gasteiger partial charge in [-0.3, -0.25) is 0 Å². The van der Waals surface area contributed by atoms with Gasteiger partial charge in [-0.1, -0.05) is 29.8 Å². The van der Waals surface area contributed by atoms with Crippen molar-refractivity contribution in [3.8, 4) is 11.6 Å². The molecule has 4 heteroatoms. The Labute approximate surface area is 98.8 Å². The molecule has 16 heavy (non-hydrogen) atoms. The number of pyridine rings is 1. The molecule has 1 heterocycles. The summed E-state index contributed by atoms with van der Waals surface area (Å²) in [6.45, 7) is 0.417. The molecule has 0 saturated carbocycles. The number of benzene rings is 1. The van der Waals surface area contributed by atoms with Gasteiger partial charge in [0.05, 0.1) is 0 Å². The summed E-state index contributed by atoms with van der Waals surface area (Å²) in [4.78, 5) is 4.05. The zero-order valence-corrected chi connectivity index (χ0v) is 9.32. The van der Waals surface area contributed by atoms with E-state index in [4.69, 9.17) is 22.1 Å². The molecule has 0 atom stereocenters. The minimum absolute atomic E-state index is 0.394. The predicted molar refractivity (Wildman–Crippen MR) is 63.7 cm³/mol. The molecule has 0 aliphatic carbocycles. The number of halogens is 1. The van der Waals surface area contributed by atoms with E-state index in [9.17, 15) is 0 Å². The molecule has 2 rings (SSSR count). The minimum Gasteiger partial charge on any atom is -0.437 e. The van der Waals surface area contributed by atoms with Crippen LogP contribution in [0.25, 0.3) is 0 Å². The Morgan fingerprint density at radius 2 is 2.00 bits per heavy atom. The van der Waals surface area contributed by atoms with Crippen molar-refractivity contribution in [3.63, 3.8) is 0 Å². The summed E-state index contributed by atoms with van der Waals surface area (Å²) < 4.78 is 5.61. The topological polar surface area (TPSA) is 48.1 Å². The highest BCUT2D eigenvalue weighted by molar-refractivity contribution is 6.31. The Kier molecular flexibility index (Phi) is 3.39. The van der Waals surface area contributed by atoms with Gasteiger partial charge in [0.25, 0.3) is 0 Å². The first kappa shape index (κ1) is 10.9. The molecule has 0 aliphatic rings. The van der Waals surface area contributed by atoms with Gasteiger partial charge in [-0.2, -0.15) is 0 Å². The van der Waals surface area contributed by atoms with Crippen LogP contribution >= 0.6 is 11.6 Å². The van der Waals surface area contributed by atoms with Gasteiger partial charge >= 0.3 is 0 Å². The molecular weight excluding hydrogens is 224 g/mol. The summed E-state index contributed by atoms with van der Waals surface area (Å²) in [5.41, 5.74) is 6.53. The number of para-hydroxylation sites is 1. The van der Waals surface area contributed by atoms with E-state index in [2.05, 4.69) is 4.98 Å². The van der Waals surface area contributed by atoms with E-state index in [0.717, 1.165) is 5.56 Å². The molecule has 0 spiro atoms. The van der Waals surface area contributed by atoms with E-state index in [1.54, 1.807) is 18.3 Å². The number of hydrogen-bond donors (Lipinski definition) is 1. The largest absolute Gasteiger partial charge is 0.437 e. The molecular formula is C12H11ClN2O. The minimum atomic E-state index is 0.394. The first-order valence-corrected chi connectivity index (χ1v) is 5.25. The van der Waals surface area contributed by atoms with Crippen molar-refractivity contribution < 1.29 is 4.74 Å². The fourth-order valence-electron chi connectivity index (χ4n) is 1.32. The Morgan fingerprint density at radius 1 is 1.19 bits per heavy atom. The van der Waals surface area contributed by atoms with Crippen LogP contribution in [-0.2, 0) is 6.54 Å². The molecule has 1 aromatic carbocycles. The lowest BCUT2D eigenvalue weighted by atomic mass is 10.2. The lowest BCUT2D eigenvalue weighted by Crippen LogP contribution is -1.99. The van der Waals surface area contributed by atoms with Crippen LogP contribution in [0.4, 0.5) is 0 Å². The first-order chi connectivity index (χ1) is 7.81. The van der Waals surface area contributed by atoms with Crippen LogP contribution in [0.3, 0.4) is 0 Å². The van der Waals surface area contributed by atoms with Gasteiger partial charge in [-0.25, -0.2) is 4.98 Å². The molecule has 1 aromatic heterocycles. The summed E-state index contributed by atoms with van der Waals surface area (Å²) in [5, 5.41) is 0.481. The summed E-state index contributed by atoms with van der Waals surface area (Å²) in [7, 11) is 0. The van der Waals surface area contributed by atoms with E-state index < -0.39 is 0 Å². The fourth-order valence-corrected chi connectivity index (χ4v) is 1.48.